The average molecular weight is 280 g/mol. The largest absolute Gasteiger partial charge is 0.417 e. The highest BCUT2D eigenvalue weighted by atomic mass is 16.4. The molecule has 2 aromatic carbocycles. The van der Waals surface area contributed by atoms with E-state index in [1.165, 1.54) is 18.4 Å². The van der Waals surface area contributed by atoms with Crippen LogP contribution in [-0.2, 0) is 0 Å². The van der Waals surface area contributed by atoms with Gasteiger partial charge in [0.1, 0.15) is 0 Å². The van der Waals surface area contributed by atoms with Crippen molar-refractivity contribution in [3.8, 4) is 0 Å². The van der Waals surface area contributed by atoms with E-state index in [1.807, 2.05) is 24.3 Å². The normalized spacial score (nSPS) is 16.0. The molecule has 4 heteroatoms. The fraction of sp³-hybridized carbons (Fsp3) is 0.235. The molecule has 1 aliphatic rings. The lowest BCUT2D eigenvalue weighted by Crippen LogP contribution is -2.12. The second-order valence-corrected chi connectivity index (χ2v) is 5.60. The number of aromatic amines is 1. The van der Waals surface area contributed by atoms with Gasteiger partial charge in [-0.25, -0.2) is 4.79 Å². The monoisotopic (exact) mass is 280 g/mol. The zero-order chi connectivity index (χ0) is 14.2. The number of H-pyrrole nitrogens is 1. The van der Waals surface area contributed by atoms with Crippen LogP contribution in [0.2, 0.25) is 0 Å². The minimum atomic E-state index is -0.413. The highest BCUT2D eigenvalue weighted by Crippen LogP contribution is 2.42. The van der Waals surface area contributed by atoms with Crippen LogP contribution in [0, 0.1) is 5.92 Å². The third-order valence-corrected chi connectivity index (χ3v) is 3.99. The Hall–Kier alpha value is -2.49. The number of benzene rings is 2. The first kappa shape index (κ1) is 12.3. The van der Waals surface area contributed by atoms with Gasteiger partial charge in [0.25, 0.3) is 0 Å². The number of oxazole rings is 1. The summed E-state index contributed by atoms with van der Waals surface area (Å²) >= 11 is 0. The Bertz CT molecular complexity index is 815. The average Bonchev–Trinajstić information content (AvgIpc) is 3.27. The molecule has 0 bridgehead atoms. The van der Waals surface area contributed by atoms with Gasteiger partial charge in [0.05, 0.1) is 11.6 Å². The van der Waals surface area contributed by atoms with Crippen molar-refractivity contribution in [2.45, 2.75) is 18.9 Å². The molecule has 2 N–H and O–H groups in total. The molecule has 1 aromatic heterocycles. The molecule has 1 aliphatic carbocycles. The summed E-state index contributed by atoms with van der Waals surface area (Å²) in [5, 5.41) is 3.59. The maximum Gasteiger partial charge on any atom is 0.417 e. The van der Waals surface area contributed by atoms with Crippen molar-refractivity contribution in [2.75, 3.05) is 5.32 Å². The molecule has 1 fully saturated rings. The molecule has 106 valence electrons. The predicted octanol–water partition coefficient (Wildman–Crippen LogP) is 3.68. The predicted molar refractivity (Wildman–Crippen MR) is 82.4 cm³/mol. The molecular weight excluding hydrogens is 264 g/mol. The van der Waals surface area contributed by atoms with E-state index in [1.54, 1.807) is 0 Å². The van der Waals surface area contributed by atoms with E-state index < -0.39 is 5.76 Å². The summed E-state index contributed by atoms with van der Waals surface area (Å²) in [5.74, 6) is 0.274. The summed E-state index contributed by atoms with van der Waals surface area (Å²) in [7, 11) is 0. The van der Waals surface area contributed by atoms with Crippen molar-refractivity contribution in [2.24, 2.45) is 5.92 Å². The molecule has 1 atom stereocenters. The Morgan fingerprint density at radius 2 is 1.95 bits per heavy atom. The smallest absolute Gasteiger partial charge is 0.408 e. The first-order chi connectivity index (χ1) is 10.3. The van der Waals surface area contributed by atoms with Crippen LogP contribution in [0.3, 0.4) is 0 Å². The summed E-state index contributed by atoms with van der Waals surface area (Å²) < 4.78 is 5.03. The highest BCUT2D eigenvalue weighted by Gasteiger charge is 2.32. The van der Waals surface area contributed by atoms with E-state index in [-0.39, 0.29) is 0 Å². The van der Waals surface area contributed by atoms with E-state index in [2.05, 4.69) is 34.6 Å². The Morgan fingerprint density at radius 1 is 1.14 bits per heavy atom. The van der Waals surface area contributed by atoms with Crippen LogP contribution in [0.4, 0.5) is 5.69 Å². The first-order valence-electron chi connectivity index (χ1n) is 7.24. The number of hydrogen-bond acceptors (Lipinski definition) is 3. The SMILES string of the molecule is O=c1[nH]c2cc(NC(c3ccccc3)C3CC3)ccc2o1. The minimum Gasteiger partial charge on any atom is -0.408 e. The zero-order valence-electron chi connectivity index (χ0n) is 11.5. The van der Waals surface area contributed by atoms with Gasteiger partial charge < -0.3 is 9.73 Å². The van der Waals surface area contributed by atoms with Gasteiger partial charge >= 0.3 is 5.76 Å². The fourth-order valence-corrected chi connectivity index (χ4v) is 2.78. The van der Waals surface area contributed by atoms with Gasteiger partial charge in [-0.2, -0.15) is 0 Å². The Kier molecular flexibility index (Phi) is 2.81. The third kappa shape index (κ3) is 2.44. The number of rotatable bonds is 4. The van der Waals surface area contributed by atoms with E-state index >= 15 is 0 Å². The van der Waals surface area contributed by atoms with Crippen molar-refractivity contribution < 1.29 is 4.42 Å². The molecule has 0 aliphatic heterocycles. The number of hydrogen-bond donors (Lipinski definition) is 2. The van der Waals surface area contributed by atoms with Crippen LogP contribution in [0.1, 0.15) is 24.4 Å². The molecule has 1 unspecified atom stereocenters. The molecule has 4 rings (SSSR count). The summed E-state index contributed by atoms with van der Waals surface area (Å²) in [6.45, 7) is 0. The maximum atomic E-state index is 11.2. The number of aromatic nitrogens is 1. The first-order valence-corrected chi connectivity index (χ1v) is 7.24. The van der Waals surface area contributed by atoms with Crippen molar-refractivity contribution in [3.05, 3.63) is 64.6 Å². The molecule has 1 heterocycles. The van der Waals surface area contributed by atoms with Gasteiger partial charge in [0.2, 0.25) is 0 Å². The highest BCUT2D eigenvalue weighted by molar-refractivity contribution is 5.77. The Balaban J connectivity index is 1.66. The molecule has 4 nitrogen and oxygen atoms in total. The Labute approximate surface area is 121 Å². The minimum absolute atomic E-state index is 0.322. The molecular formula is C17H16N2O2. The maximum absolute atomic E-state index is 11.2. The third-order valence-electron chi connectivity index (χ3n) is 3.99. The lowest BCUT2D eigenvalue weighted by atomic mass is 10.0. The zero-order valence-corrected chi connectivity index (χ0v) is 11.5. The van der Waals surface area contributed by atoms with Crippen LogP contribution < -0.4 is 11.1 Å². The summed E-state index contributed by atoms with van der Waals surface area (Å²) in [6, 6.07) is 16.5. The van der Waals surface area contributed by atoms with Crippen molar-refractivity contribution in [3.63, 3.8) is 0 Å². The molecule has 3 aromatic rings. The lowest BCUT2D eigenvalue weighted by Gasteiger charge is -2.20. The summed E-state index contributed by atoms with van der Waals surface area (Å²) in [4.78, 5) is 13.9. The molecule has 0 radical (unpaired) electrons. The van der Waals surface area contributed by atoms with Crippen LogP contribution in [0.25, 0.3) is 11.1 Å². The standard InChI is InChI=1S/C17H16N2O2/c20-17-19-14-10-13(8-9-15(14)21-17)18-16(12-6-7-12)11-4-2-1-3-5-11/h1-5,8-10,12,16,18H,6-7H2,(H,19,20). The molecule has 21 heavy (non-hydrogen) atoms. The van der Waals surface area contributed by atoms with E-state index in [9.17, 15) is 4.79 Å². The number of nitrogens with one attached hydrogen (secondary N) is 2. The van der Waals surface area contributed by atoms with Gasteiger partial charge in [-0.05, 0) is 42.5 Å². The van der Waals surface area contributed by atoms with Gasteiger partial charge in [0.15, 0.2) is 5.58 Å². The second kappa shape index (κ2) is 4.81. The molecule has 0 amide bonds. The van der Waals surface area contributed by atoms with Crippen LogP contribution in [-0.4, -0.2) is 4.98 Å². The van der Waals surface area contributed by atoms with Crippen LogP contribution in [0.15, 0.2) is 57.7 Å². The van der Waals surface area contributed by atoms with Crippen molar-refractivity contribution in [1.29, 1.82) is 0 Å². The Morgan fingerprint density at radius 3 is 2.71 bits per heavy atom. The fourth-order valence-electron chi connectivity index (χ4n) is 2.78. The lowest BCUT2D eigenvalue weighted by molar-refractivity contribution is 0.555. The van der Waals surface area contributed by atoms with Crippen molar-refractivity contribution in [1.82, 2.24) is 4.98 Å². The second-order valence-electron chi connectivity index (χ2n) is 5.60. The molecule has 0 saturated heterocycles. The quantitative estimate of drug-likeness (QED) is 0.766. The van der Waals surface area contributed by atoms with Gasteiger partial charge in [-0.1, -0.05) is 30.3 Å². The number of anilines is 1. The van der Waals surface area contributed by atoms with E-state index in [4.69, 9.17) is 4.42 Å². The van der Waals surface area contributed by atoms with Crippen LogP contribution in [0.5, 0.6) is 0 Å². The van der Waals surface area contributed by atoms with Gasteiger partial charge in [-0.3, -0.25) is 4.98 Å². The summed E-state index contributed by atoms with van der Waals surface area (Å²) in [5.41, 5.74) is 3.63. The van der Waals surface area contributed by atoms with Gasteiger partial charge in [-0.15, -0.1) is 0 Å². The molecule has 1 saturated carbocycles. The molecule has 0 spiro atoms. The van der Waals surface area contributed by atoms with Crippen molar-refractivity contribution >= 4 is 16.8 Å². The topological polar surface area (TPSA) is 58.0 Å². The van der Waals surface area contributed by atoms with E-state index in [0.717, 1.165) is 11.2 Å². The van der Waals surface area contributed by atoms with Gasteiger partial charge in [0, 0.05) is 5.69 Å². The van der Waals surface area contributed by atoms with E-state index in [0.29, 0.717) is 17.5 Å². The van der Waals surface area contributed by atoms with Crippen LogP contribution >= 0.6 is 0 Å². The number of fused-ring (bicyclic) bond motifs is 1. The summed E-state index contributed by atoms with van der Waals surface area (Å²) in [6.07, 6.45) is 2.52.